The number of hydrogen-bond acceptors (Lipinski definition) is 2. The van der Waals surface area contributed by atoms with Gasteiger partial charge in [0.2, 0.25) is 0 Å². The Bertz CT molecular complexity index is 510. The first-order valence-electron chi connectivity index (χ1n) is 7.29. The Balaban J connectivity index is 1.90. The number of nitrogens with one attached hydrogen (secondary N) is 1. The van der Waals surface area contributed by atoms with Crippen LogP contribution < -0.4 is 10.1 Å². The summed E-state index contributed by atoms with van der Waals surface area (Å²) in [6, 6.07) is 19.1. The van der Waals surface area contributed by atoms with E-state index in [4.69, 9.17) is 4.74 Å². The number of rotatable bonds is 7. The highest BCUT2D eigenvalue weighted by Crippen LogP contribution is 2.16. The summed E-state index contributed by atoms with van der Waals surface area (Å²) in [7, 11) is 0. The van der Waals surface area contributed by atoms with Crippen LogP contribution in [0.1, 0.15) is 37.4 Å². The zero-order valence-electron chi connectivity index (χ0n) is 12.3. The molecule has 1 atom stereocenters. The highest BCUT2D eigenvalue weighted by atomic mass is 16.5. The summed E-state index contributed by atoms with van der Waals surface area (Å²) in [5.74, 6) is 0.957. The highest BCUT2D eigenvalue weighted by molar-refractivity contribution is 5.28. The Kier molecular flexibility index (Phi) is 5.63. The van der Waals surface area contributed by atoms with E-state index in [0.29, 0.717) is 6.04 Å². The molecule has 0 spiro atoms. The van der Waals surface area contributed by atoms with Crippen molar-refractivity contribution in [2.24, 2.45) is 0 Å². The molecule has 0 aliphatic rings. The predicted molar refractivity (Wildman–Crippen MR) is 83.9 cm³/mol. The van der Waals surface area contributed by atoms with Gasteiger partial charge in [-0.15, -0.1) is 0 Å². The number of hydrogen-bond donors (Lipinski definition) is 1. The van der Waals surface area contributed by atoms with Gasteiger partial charge in [-0.05, 0) is 36.6 Å². The van der Waals surface area contributed by atoms with Gasteiger partial charge in [0.05, 0.1) is 6.61 Å². The molecular weight excluding hydrogens is 246 g/mol. The summed E-state index contributed by atoms with van der Waals surface area (Å²) in [6.45, 7) is 5.93. The molecule has 0 aliphatic carbocycles. The lowest BCUT2D eigenvalue weighted by Gasteiger charge is -2.14. The van der Waals surface area contributed by atoms with Gasteiger partial charge in [0, 0.05) is 12.6 Å². The van der Waals surface area contributed by atoms with Gasteiger partial charge in [-0.1, -0.05) is 49.4 Å². The van der Waals surface area contributed by atoms with Gasteiger partial charge in [-0.3, -0.25) is 0 Å². The second-order valence-electron chi connectivity index (χ2n) is 5.01. The molecule has 0 unspecified atom stereocenters. The van der Waals surface area contributed by atoms with E-state index in [9.17, 15) is 0 Å². The van der Waals surface area contributed by atoms with Crippen LogP contribution in [0.4, 0.5) is 0 Å². The van der Waals surface area contributed by atoms with E-state index in [1.807, 2.05) is 12.1 Å². The van der Waals surface area contributed by atoms with Gasteiger partial charge in [0.15, 0.2) is 0 Å². The minimum Gasteiger partial charge on any atom is -0.494 e. The molecule has 106 valence electrons. The molecule has 0 amide bonds. The van der Waals surface area contributed by atoms with Crippen molar-refractivity contribution in [3.63, 3.8) is 0 Å². The maximum atomic E-state index is 5.66. The molecule has 0 saturated carbocycles. The van der Waals surface area contributed by atoms with E-state index >= 15 is 0 Å². The quantitative estimate of drug-likeness (QED) is 0.808. The van der Waals surface area contributed by atoms with Crippen LogP contribution in [0, 0.1) is 0 Å². The Hall–Kier alpha value is -1.80. The first kappa shape index (κ1) is 14.6. The van der Waals surface area contributed by atoms with Crippen molar-refractivity contribution >= 4 is 0 Å². The molecule has 0 heterocycles. The summed E-state index contributed by atoms with van der Waals surface area (Å²) < 4.78 is 5.66. The van der Waals surface area contributed by atoms with E-state index < -0.39 is 0 Å². The van der Waals surface area contributed by atoms with Crippen molar-refractivity contribution in [1.29, 1.82) is 0 Å². The first-order chi connectivity index (χ1) is 9.79. The SMILES string of the molecule is CCCOc1cccc(CN[C@@H](C)c2ccccc2)c1. The van der Waals surface area contributed by atoms with Crippen LogP contribution in [0.25, 0.3) is 0 Å². The summed E-state index contributed by atoms with van der Waals surface area (Å²) in [6.07, 6.45) is 1.04. The van der Waals surface area contributed by atoms with E-state index in [1.165, 1.54) is 11.1 Å². The molecule has 0 aromatic heterocycles. The molecule has 2 aromatic carbocycles. The van der Waals surface area contributed by atoms with Crippen LogP contribution in [-0.4, -0.2) is 6.61 Å². The van der Waals surface area contributed by atoms with Crippen LogP contribution >= 0.6 is 0 Å². The molecule has 2 heteroatoms. The highest BCUT2D eigenvalue weighted by Gasteiger charge is 2.04. The third kappa shape index (κ3) is 4.39. The molecule has 20 heavy (non-hydrogen) atoms. The Labute approximate surface area is 121 Å². The second kappa shape index (κ2) is 7.71. The molecular formula is C18H23NO. The van der Waals surface area contributed by atoms with Crippen molar-refractivity contribution < 1.29 is 4.74 Å². The van der Waals surface area contributed by atoms with Gasteiger partial charge in [0.25, 0.3) is 0 Å². The third-order valence-electron chi connectivity index (χ3n) is 3.28. The fraction of sp³-hybridized carbons (Fsp3) is 0.333. The molecule has 1 N–H and O–H groups in total. The lowest BCUT2D eigenvalue weighted by molar-refractivity contribution is 0.317. The third-order valence-corrected chi connectivity index (χ3v) is 3.28. The summed E-state index contributed by atoms with van der Waals surface area (Å²) in [4.78, 5) is 0. The lowest BCUT2D eigenvalue weighted by atomic mass is 10.1. The normalized spacial score (nSPS) is 12.1. The van der Waals surface area contributed by atoms with Crippen LogP contribution in [0.15, 0.2) is 54.6 Å². The van der Waals surface area contributed by atoms with E-state index in [2.05, 4.69) is 61.6 Å². The van der Waals surface area contributed by atoms with Crippen molar-refractivity contribution in [2.45, 2.75) is 32.9 Å². The van der Waals surface area contributed by atoms with Crippen molar-refractivity contribution in [2.75, 3.05) is 6.61 Å². The summed E-state index contributed by atoms with van der Waals surface area (Å²) in [5, 5.41) is 3.54. The fourth-order valence-electron chi connectivity index (χ4n) is 2.10. The molecule has 0 aliphatic heterocycles. The van der Waals surface area contributed by atoms with Crippen LogP contribution in [0.3, 0.4) is 0 Å². The maximum absolute atomic E-state index is 5.66. The van der Waals surface area contributed by atoms with Gasteiger partial charge in [-0.25, -0.2) is 0 Å². The molecule has 2 nitrogen and oxygen atoms in total. The lowest BCUT2D eigenvalue weighted by Crippen LogP contribution is -2.17. The van der Waals surface area contributed by atoms with Crippen LogP contribution in [0.2, 0.25) is 0 Å². The van der Waals surface area contributed by atoms with Crippen LogP contribution in [0.5, 0.6) is 5.75 Å². The fourth-order valence-corrected chi connectivity index (χ4v) is 2.10. The summed E-state index contributed by atoms with van der Waals surface area (Å²) >= 11 is 0. The molecule has 0 fully saturated rings. The number of benzene rings is 2. The van der Waals surface area contributed by atoms with Gasteiger partial charge in [-0.2, -0.15) is 0 Å². The molecule has 0 bridgehead atoms. The Morgan fingerprint density at radius 1 is 1.05 bits per heavy atom. The number of ether oxygens (including phenoxy) is 1. The van der Waals surface area contributed by atoms with Crippen molar-refractivity contribution in [3.05, 3.63) is 65.7 Å². The van der Waals surface area contributed by atoms with Gasteiger partial charge >= 0.3 is 0 Å². The first-order valence-corrected chi connectivity index (χ1v) is 7.29. The topological polar surface area (TPSA) is 21.3 Å². The molecule has 0 saturated heterocycles. The average molecular weight is 269 g/mol. The second-order valence-corrected chi connectivity index (χ2v) is 5.01. The van der Waals surface area contributed by atoms with E-state index in [-0.39, 0.29) is 0 Å². The standard InChI is InChI=1S/C18H23NO/c1-3-12-20-18-11-7-8-16(13-18)14-19-15(2)17-9-5-4-6-10-17/h4-11,13,15,19H,3,12,14H2,1-2H3/t15-/m0/s1. The smallest absolute Gasteiger partial charge is 0.119 e. The van der Waals surface area contributed by atoms with Crippen LogP contribution in [-0.2, 0) is 6.54 Å². The maximum Gasteiger partial charge on any atom is 0.119 e. The molecule has 2 aromatic rings. The minimum absolute atomic E-state index is 0.344. The van der Waals surface area contributed by atoms with Gasteiger partial charge in [0.1, 0.15) is 5.75 Å². The molecule has 2 rings (SSSR count). The molecule has 0 radical (unpaired) electrons. The minimum atomic E-state index is 0.344. The van der Waals surface area contributed by atoms with Crippen molar-refractivity contribution in [3.8, 4) is 5.75 Å². The van der Waals surface area contributed by atoms with Crippen molar-refractivity contribution in [1.82, 2.24) is 5.32 Å². The van der Waals surface area contributed by atoms with Gasteiger partial charge < -0.3 is 10.1 Å². The predicted octanol–water partition coefficient (Wildman–Crippen LogP) is 4.33. The largest absolute Gasteiger partial charge is 0.494 e. The summed E-state index contributed by atoms with van der Waals surface area (Å²) in [5.41, 5.74) is 2.56. The zero-order chi connectivity index (χ0) is 14.2. The Morgan fingerprint density at radius 3 is 2.60 bits per heavy atom. The van der Waals surface area contributed by atoms with E-state index in [1.54, 1.807) is 0 Å². The zero-order valence-corrected chi connectivity index (χ0v) is 12.3. The monoisotopic (exact) mass is 269 g/mol. The van der Waals surface area contributed by atoms with E-state index in [0.717, 1.165) is 25.3 Å². The average Bonchev–Trinajstić information content (AvgIpc) is 2.52. The Morgan fingerprint density at radius 2 is 1.85 bits per heavy atom.